The molecule has 0 aliphatic carbocycles. The van der Waals surface area contributed by atoms with Gasteiger partial charge in [0, 0.05) is 0 Å². The van der Waals surface area contributed by atoms with Gasteiger partial charge >= 0.3 is 0 Å². The van der Waals surface area contributed by atoms with Crippen LogP contribution < -0.4 is 5.73 Å². The number of nitrogen functional groups attached to an aromatic ring is 1. The van der Waals surface area contributed by atoms with Crippen LogP contribution in [0.5, 0.6) is 5.75 Å². The van der Waals surface area contributed by atoms with Gasteiger partial charge in [-0.2, -0.15) is 0 Å². The van der Waals surface area contributed by atoms with Gasteiger partial charge in [0.05, 0.1) is 10.2 Å². The number of nitrogens with two attached hydrogens (primary N) is 1. The number of aromatic hydroxyl groups is 1. The Labute approximate surface area is 67.1 Å². The number of hydrogen-bond acceptors (Lipinski definition) is 4. The van der Waals surface area contributed by atoms with Gasteiger partial charge in [0.25, 0.3) is 0 Å². The number of phenols is 1. The van der Waals surface area contributed by atoms with Crippen molar-refractivity contribution >= 4 is 27.2 Å². The van der Waals surface area contributed by atoms with Crippen molar-refractivity contribution in [2.45, 2.75) is 0 Å². The van der Waals surface area contributed by atoms with Crippen LogP contribution in [-0.4, -0.2) is 10.1 Å². The van der Waals surface area contributed by atoms with Gasteiger partial charge in [-0.1, -0.05) is 0 Å². The topological polar surface area (TPSA) is 59.1 Å². The highest BCUT2D eigenvalue weighted by molar-refractivity contribution is 7.16. The van der Waals surface area contributed by atoms with Crippen molar-refractivity contribution in [3.05, 3.63) is 17.6 Å². The van der Waals surface area contributed by atoms with Gasteiger partial charge in [-0.05, 0) is 12.1 Å². The average Bonchev–Trinajstić information content (AvgIpc) is 2.45. The molecule has 2 aromatic rings. The van der Waals surface area contributed by atoms with Gasteiger partial charge < -0.3 is 10.8 Å². The van der Waals surface area contributed by atoms with Crippen LogP contribution in [0.2, 0.25) is 0 Å². The number of phenolic OH excluding ortho intramolecular Hbond substituents is 1. The largest absolute Gasteiger partial charge is 0.506 e. The summed E-state index contributed by atoms with van der Waals surface area (Å²) in [7, 11) is 0. The Morgan fingerprint density at radius 3 is 3.09 bits per heavy atom. The maximum Gasteiger partial charge on any atom is 0.140 e. The SMILES string of the molecule is Nc1c(O)ccc2scnc12. The molecule has 0 atom stereocenters. The van der Waals surface area contributed by atoms with E-state index in [0.717, 1.165) is 4.70 Å². The molecule has 0 aliphatic rings. The minimum atomic E-state index is 0.100. The molecular weight excluding hydrogens is 160 g/mol. The minimum absolute atomic E-state index is 0.100. The van der Waals surface area contributed by atoms with Crippen LogP contribution in [0.25, 0.3) is 10.2 Å². The first-order valence-corrected chi connectivity index (χ1v) is 3.97. The molecule has 1 aromatic heterocycles. The lowest BCUT2D eigenvalue weighted by Crippen LogP contribution is -1.86. The highest BCUT2D eigenvalue weighted by Crippen LogP contribution is 2.30. The minimum Gasteiger partial charge on any atom is -0.506 e. The van der Waals surface area contributed by atoms with Gasteiger partial charge in [-0.3, -0.25) is 0 Å². The van der Waals surface area contributed by atoms with Gasteiger partial charge in [-0.25, -0.2) is 4.98 Å². The number of anilines is 1. The molecule has 0 spiro atoms. The second-order valence-electron chi connectivity index (χ2n) is 2.20. The van der Waals surface area contributed by atoms with Crippen molar-refractivity contribution in [2.24, 2.45) is 0 Å². The lowest BCUT2D eigenvalue weighted by Gasteiger charge is -1.96. The van der Waals surface area contributed by atoms with E-state index in [-0.39, 0.29) is 5.75 Å². The summed E-state index contributed by atoms with van der Waals surface area (Å²) in [5.41, 5.74) is 8.32. The molecule has 0 aliphatic heterocycles. The average molecular weight is 166 g/mol. The first-order chi connectivity index (χ1) is 5.29. The fraction of sp³-hybridized carbons (Fsp3) is 0. The van der Waals surface area contributed by atoms with Gasteiger partial charge in [0.2, 0.25) is 0 Å². The van der Waals surface area contributed by atoms with Crippen LogP contribution >= 0.6 is 11.3 Å². The smallest absolute Gasteiger partial charge is 0.140 e. The van der Waals surface area contributed by atoms with Crippen molar-refractivity contribution in [1.82, 2.24) is 4.98 Å². The van der Waals surface area contributed by atoms with E-state index < -0.39 is 0 Å². The third-order valence-electron chi connectivity index (χ3n) is 1.52. The number of thiazole rings is 1. The Kier molecular flexibility index (Phi) is 1.22. The zero-order chi connectivity index (χ0) is 7.84. The maximum atomic E-state index is 9.18. The van der Waals surface area contributed by atoms with E-state index >= 15 is 0 Å². The molecule has 56 valence electrons. The summed E-state index contributed by atoms with van der Waals surface area (Å²) in [6, 6.07) is 3.38. The van der Waals surface area contributed by atoms with Gasteiger partial charge in [0.1, 0.15) is 17.0 Å². The molecule has 0 radical (unpaired) electrons. The van der Waals surface area contributed by atoms with Crippen molar-refractivity contribution in [3.8, 4) is 5.75 Å². The van der Waals surface area contributed by atoms with Crippen LogP contribution in [0.4, 0.5) is 5.69 Å². The predicted octanol–water partition coefficient (Wildman–Crippen LogP) is 1.58. The molecule has 0 saturated carbocycles. The van der Waals surface area contributed by atoms with E-state index in [1.807, 2.05) is 0 Å². The number of benzene rings is 1. The number of rotatable bonds is 0. The molecule has 3 N–H and O–H groups in total. The summed E-state index contributed by atoms with van der Waals surface area (Å²) >= 11 is 1.51. The lowest BCUT2D eigenvalue weighted by atomic mass is 10.3. The Balaban J connectivity index is 2.93. The molecule has 1 aromatic carbocycles. The van der Waals surface area contributed by atoms with E-state index in [9.17, 15) is 5.11 Å². The van der Waals surface area contributed by atoms with Crippen LogP contribution in [0, 0.1) is 0 Å². The molecule has 11 heavy (non-hydrogen) atoms. The van der Waals surface area contributed by atoms with Gasteiger partial charge in [0.15, 0.2) is 0 Å². The molecule has 0 fully saturated rings. The Bertz CT molecular complexity index is 396. The summed E-state index contributed by atoms with van der Waals surface area (Å²) in [5, 5.41) is 9.18. The van der Waals surface area contributed by atoms with Crippen molar-refractivity contribution in [3.63, 3.8) is 0 Å². The molecule has 0 amide bonds. The zero-order valence-electron chi connectivity index (χ0n) is 5.61. The second kappa shape index (κ2) is 2.10. The van der Waals surface area contributed by atoms with E-state index in [1.54, 1.807) is 17.6 Å². The lowest BCUT2D eigenvalue weighted by molar-refractivity contribution is 0.478. The molecule has 0 bridgehead atoms. The summed E-state index contributed by atoms with van der Waals surface area (Å²) in [6.45, 7) is 0. The van der Waals surface area contributed by atoms with Gasteiger partial charge in [-0.15, -0.1) is 11.3 Å². The van der Waals surface area contributed by atoms with Crippen LogP contribution in [0.1, 0.15) is 0 Å². The van der Waals surface area contributed by atoms with E-state index in [0.29, 0.717) is 11.2 Å². The van der Waals surface area contributed by atoms with Crippen molar-refractivity contribution in [2.75, 3.05) is 5.73 Å². The van der Waals surface area contributed by atoms with Crippen LogP contribution in [0.15, 0.2) is 17.6 Å². The molecule has 1 heterocycles. The number of aromatic nitrogens is 1. The highest BCUT2D eigenvalue weighted by Gasteiger charge is 2.03. The second-order valence-corrected chi connectivity index (χ2v) is 3.08. The third kappa shape index (κ3) is 0.832. The Morgan fingerprint density at radius 2 is 2.27 bits per heavy atom. The summed E-state index contributed by atoms with van der Waals surface area (Å²) < 4.78 is 1.00. The van der Waals surface area contributed by atoms with Crippen LogP contribution in [-0.2, 0) is 0 Å². The molecule has 0 saturated heterocycles. The molecule has 0 unspecified atom stereocenters. The quantitative estimate of drug-likeness (QED) is 0.461. The number of nitrogens with zero attached hydrogens (tertiary/aromatic N) is 1. The zero-order valence-corrected chi connectivity index (χ0v) is 6.43. The van der Waals surface area contributed by atoms with Crippen molar-refractivity contribution in [1.29, 1.82) is 0 Å². The van der Waals surface area contributed by atoms with E-state index in [1.165, 1.54) is 11.3 Å². The Hall–Kier alpha value is -1.29. The Morgan fingerprint density at radius 1 is 1.45 bits per heavy atom. The third-order valence-corrected chi connectivity index (χ3v) is 2.31. The monoisotopic (exact) mass is 166 g/mol. The number of hydrogen-bond donors (Lipinski definition) is 2. The first kappa shape index (κ1) is 6.42. The molecule has 3 nitrogen and oxygen atoms in total. The molecule has 2 rings (SSSR count). The standard InChI is InChI=1S/C7H6N2OS/c8-6-4(10)1-2-5-7(6)9-3-11-5/h1-3,10H,8H2. The first-order valence-electron chi connectivity index (χ1n) is 3.09. The fourth-order valence-electron chi connectivity index (χ4n) is 0.941. The summed E-state index contributed by atoms with van der Waals surface area (Å²) in [5.74, 6) is 0.100. The predicted molar refractivity (Wildman–Crippen MR) is 45.7 cm³/mol. The van der Waals surface area contributed by atoms with E-state index in [4.69, 9.17) is 5.73 Å². The van der Waals surface area contributed by atoms with Crippen molar-refractivity contribution < 1.29 is 5.11 Å². The number of fused-ring (bicyclic) bond motifs is 1. The highest BCUT2D eigenvalue weighted by atomic mass is 32.1. The van der Waals surface area contributed by atoms with Crippen LogP contribution in [0.3, 0.4) is 0 Å². The van der Waals surface area contributed by atoms with E-state index in [2.05, 4.69) is 4.98 Å². The molecular formula is C7H6N2OS. The fourth-order valence-corrected chi connectivity index (χ4v) is 1.63. The normalized spacial score (nSPS) is 10.5. The summed E-state index contributed by atoms with van der Waals surface area (Å²) in [4.78, 5) is 4.01. The molecule has 4 heteroatoms. The maximum absolute atomic E-state index is 9.18. The summed E-state index contributed by atoms with van der Waals surface area (Å²) in [6.07, 6.45) is 0.